The van der Waals surface area contributed by atoms with Crippen LogP contribution in [0.3, 0.4) is 0 Å². The summed E-state index contributed by atoms with van der Waals surface area (Å²) in [5.41, 5.74) is 1.28. The molecule has 0 amide bonds. The number of ether oxygens (including phenoxy) is 1. The van der Waals surface area contributed by atoms with E-state index in [-0.39, 0.29) is 24.0 Å². The zero-order valence-electron chi connectivity index (χ0n) is 16.4. The Morgan fingerprint density at radius 3 is 2.79 bits per heavy atom. The van der Waals surface area contributed by atoms with E-state index in [1.807, 2.05) is 36.0 Å². The molecule has 0 radical (unpaired) electrons. The van der Waals surface area contributed by atoms with E-state index in [0.29, 0.717) is 12.6 Å². The number of halogens is 1. The third-order valence-electron chi connectivity index (χ3n) is 4.57. The van der Waals surface area contributed by atoms with Crippen molar-refractivity contribution in [3.63, 3.8) is 0 Å². The highest BCUT2D eigenvalue weighted by molar-refractivity contribution is 14.0. The van der Waals surface area contributed by atoms with E-state index >= 15 is 0 Å². The minimum Gasteiger partial charge on any atom is -0.497 e. The molecule has 2 N–H and O–H groups in total. The Morgan fingerprint density at radius 2 is 2.11 bits per heavy atom. The van der Waals surface area contributed by atoms with Gasteiger partial charge in [0.05, 0.1) is 13.4 Å². The van der Waals surface area contributed by atoms with Crippen LogP contribution in [0.5, 0.6) is 5.75 Å². The van der Waals surface area contributed by atoms with Gasteiger partial charge in [0, 0.05) is 31.3 Å². The van der Waals surface area contributed by atoms with Gasteiger partial charge in [0.25, 0.3) is 0 Å². The van der Waals surface area contributed by atoms with Crippen LogP contribution in [0.1, 0.15) is 24.2 Å². The first-order chi connectivity index (χ1) is 13.3. The van der Waals surface area contributed by atoms with Crippen molar-refractivity contribution in [2.24, 2.45) is 4.99 Å². The summed E-state index contributed by atoms with van der Waals surface area (Å²) in [6, 6.07) is 12.6. The Morgan fingerprint density at radius 1 is 1.25 bits per heavy atom. The number of aliphatic imine (C=N–C) groups is 1. The van der Waals surface area contributed by atoms with Crippen molar-refractivity contribution in [2.45, 2.75) is 31.7 Å². The highest BCUT2D eigenvalue weighted by Gasteiger charge is 2.15. The molecular formula is C21H30IN3O2S. The quantitative estimate of drug-likeness (QED) is 0.315. The highest BCUT2D eigenvalue weighted by Crippen LogP contribution is 2.16. The van der Waals surface area contributed by atoms with Gasteiger partial charge in [0.15, 0.2) is 5.96 Å². The molecule has 1 saturated heterocycles. The molecule has 2 heterocycles. The number of thioether (sulfide) groups is 1. The van der Waals surface area contributed by atoms with E-state index in [0.717, 1.165) is 42.6 Å². The summed E-state index contributed by atoms with van der Waals surface area (Å²) in [6.07, 6.45) is 5.96. The van der Waals surface area contributed by atoms with Crippen LogP contribution in [0.4, 0.5) is 0 Å². The van der Waals surface area contributed by atoms with Gasteiger partial charge in [-0.15, -0.1) is 24.0 Å². The summed E-state index contributed by atoms with van der Waals surface area (Å²) in [7, 11) is 1.69. The normalized spacial score (nSPS) is 16.9. The number of nitrogens with zero attached hydrogens (tertiary/aromatic N) is 1. The van der Waals surface area contributed by atoms with Crippen molar-refractivity contribution in [1.29, 1.82) is 0 Å². The fourth-order valence-corrected chi connectivity index (χ4v) is 4.12. The smallest absolute Gasteiger partial charge is 0.191 e. The van der Waals surface area contributed by atoms with Gasteiger partial charge in [-0.3, -0.25) is 4.99 Å². The maximum absolute atomic E-state index is 5.40. The van der Waals surface area contributed by atoms with E-state index in [9.17, 15) is 0 Å². The molecule has 0 aliphatic carbocycles. The zero-order valence-corrected chi connectivity index (χ0v) is 19.5. The number of hydrogen-bond acceptors (Lipinski definition) is 4. The van der Waals surface area contributed by atoms with Gasteiger partial charge < -0.3 is 19.8 Å². The van der Waals surface area contributed by atoms with E-state index in [1.54, 1.807) is 13.4 Å². The first kappa shape index (κ1) is 22.9. The zero-order chi connectivity index (χ0) is 18.7. The molecule has 1 aromatic carbocycles. The second-order valence-corrected chi connectivity index (χ2v) is 7.79. The monoisotopic (exact) mass is 515 g/mol. The van der Waals surface area contributed by atoms with Crippen LogP contribution in [-0.2, 0) is 12.8 Å². The average Bonchev–Trinajstić information content (AvgIpc) is 3.23. The maximum atomic E-state index is 5.40. The van der Waals surface area contributed by atoms with Crippen molar-refractivity contribution in [3.8, 4) is 5.75 Å². The van der Waals surface area contributed by atoms with Gasteiger partial charge in [0.2, 0.25) is 0 Å². The topological polar surface area (TPSA) is 58.8 Å². The summed E-state index contributed by atoms with van der Waals surface area (Å²) in [5, 5.41) is 7.10. The number of furan rings is 1. The predicted molar refractivity (Wildman–Crippen MR) is 128 cm³/mol. The molecule has 1 unspecified atom stereocenters. The fraction of sp³-hybridized carbons (Fsp3) is 0.476. The largest absolute Gasteiger partial charge is 0.497 e. The molecule has 0 bridgehead atoms. The van der Waals surface area contributed by atoms with Crippen LogP contribution in [0.25, 0.3) is 0 Å². The van der Waals surface area contributed by atoms with Crippen LogP contribution < -0.4 is 15.4 Å². The lowest BCUT2D eigenvalue weighted by Crippen LogP contribution is -2.46. The second kappa shape index (κ2) is 13.0. The Balaban J connectivity index is 0.00000280. The third kappa shape index (κ3) is 7.95. The Kier molecular flexibility index (Phi) is 10.6. The molecule has 5 nitrogen and oxygen atoms in total. The molecule has 1 aliphatic heterocycles. The second-order valence-electron chi connectivity index (χ2n) is 6.64. The summed E-state index contributed by atoms with van der Waals surface area (Å²) in [5.74, 6) is 5.20. The molecule has 1 atom stereocenters. The van der Waals surface area contributed by atoms with Crippen molar-refractivity contribution in [1.82, 2.24) is 10.6 Å². The number of nitrogens with one attached hydrogen (secondary N) is 2. The van der Waals surface area contributed by atoms with Crippen LogP contribution in [0.15, 0.2) is 52.1 Å². The van der Waals surface area contributed by atoms with E-state index in [2.05, 4.69) is 22.8 Å². The van der Waals surface area contributed by atoms with Gasteiger partial charge >= 0.3 is 0 Å². The van der Waals surface area contributed by atoms with Crippen molar-refractivity contribution >= 4 is 41.7 Å². The molecular weight excluding hydrogens is 485 g/mol. The highest BCUT2D eigenvalue weighted by atomic mass is 127. The number of guanidine groups is 1. The number of methoxy groups -OCH3 is 1. The summed E-state index contributed by atoms with van der Waals surface area (Å²) in [6.45, 7) is 1.56. The minimum absolute atomic E-state index is 0. The molecule has 28 heavy (non-hydrogen) atoms. The molecule has 0 spiro atoms. The van der Waals surface area contributed by atoms with Crippen molar-refractivity contribution in [3.05, 3.63) is 54.0 Å². The van der Waals surface area contributed by atoms with Crippen LogP contribution in [0.2, 0.25) is 0 Å². The first-order valence-corrected chi connectivity index (χ1v) is 10.8. The Labute approximate surface area is 189 Å². The molecule has 0 saturated carbocycles. The number of rotatable bonds is 8. The Bertz CT molecular complexity index is 686. The molecule has 3 rings (SSSR count). The molecule has 1 aliphatic rings. The lowest BCUT2D eigenvalue weighted by molar-refractivity contribution is 0.414. The van der Waals surface area contributed by atoms with Crippen LogP contribution in [0, 0.1) is 0 Å². The Hall–Kier alpha value is -1.35. The molecule has 154 valence electrons. The molecule has 2 aromatic rings. The third-order valence-corrected chi connectivity index (χ3v) is 5.79. The van der Waals surface area contributed by atoms with Crippen LogP contribution >= 0.6 is 35.7 Å². The standard InChI is InChI=1S/C21H29N3O2S.HI/c1-25-19-8-6-17(7-9-19)10-12-22-21(24-18-4-3-15-27-16-18)23-13-11-20-5-2-14-26-20;/h2,5-9,14,18H,3-4,10-13,15-16H2,1H3,(H2,22,23,24);1H. The number of hydrogen-bond donors (Lipinski definition) is 2. The summed E-state index contributed by atoms with van der Waals surface area (Å²) < 4.78 is 10.6. The van der Waals surface area contributed by atoms with Gasteiger partial charge in [-0.25, -0.2) is 0 Å². The summed E-state index contributed by atoms with van der Waals surface area (Å²) >= 11 is 2.02. The lowest BCUT2D eigenvalue weighted by Gasteiger charge is -2.24. The van der Waals surface area contributed by atoms with Crippen molar-refractivity contribution < 1.29 is 9.15 Å². The molecule has 1 aromatic heterocycles. The minimum atomic E-state index is 0. The lowest BCUT2D eigenvalue weighted by atomic mass is 10.1. The first-order valence-electron chi connectivity index (χ1n) is 9.61. The maximum Gasteiger partial charge on any atom is 0.191 e. The van der Waals surface area contributed by atoms with Crippen LogP contribution in [-0.4, -0.2) is 43.7 Å². The van der Waals surface area contributed by atoms with E-state index in [1.165, 1.54) is 24.2 Å². The summed E-state index contributed by atoms with van der Waals surface area (Å²) in [4.78, 5) is 4.76. The number of benzene rings is 1. The van der Waals surface area contributed by atoms with Gasteiger partial charge in [-0.05, 0) is 54.8 Å². The fourth-order valence-electron chi connectivity index (χ4n) is 3.05. The van der Waals surface area contributed by atoms with E-state index in [4.69, 9.17) is 14.1 Å². The van der Waals surface area contributed by atoms with E-state index < -0.39 is 0 Å². The van der Waals surface area contributed by atoms with Gasteiger partial charge in [-0.1, -0.05) is 12.1 Å². The predicted octanol–water partition coefficient (Wildman–Crippen LogP) is 4.12. The molecule has 7 heteroatoms. The average molecular weight is 515 g/mol. The van der Waals surface area contributed by atoms with Gasteiger partial charge in [0.1, 0.15) is 11.5 Å². The molecule has 1 fully saturated rings. The van der Waals surface area contributed by atoms with Gasteiger partial charge in [-0.2, -0.15) is 11.8 Å². The SMILES string of the molecule is COc1ccc(CCNC(=NCCc2ccco2)NC2CCCSC2)cc1.I. The van der Waals surface area contributed by atoms with Crippen molar-refractivity contribution in [2.75, 3.05) is 31.7 Å².